The molecule has 2 N–H and O–H groups in total. The number of carboxylic acids is 1. The van der Waals surface area contributed by atoms with E-state index in [1.165, 1.54) is 0 Å². The summed E-state index contributed by atoms with van der Waals surface area (Å²) in [6, 6.07) is 0. The van der Waals surface area contributed by atoms with E-state index in [0.29, 0.717) is 18.8 Å². The Hall–Kier alpha value is -0.650. The van der Waals surface area contributed by atoms with Gasteiger partial charge in [0.25, 0.3) is 0 Å². The number of hydrogen-bond donors (Lipinski definition) is 2. The van der Waals surface area contributed by atoms with Crippen LogP contribution in [0.4, 0.5) is 0 Å². The molecule has 0 aromatic carbocycles. The van der Waals surface area contributed by atoms with Crippen molar-refractivity contribution in [2.45, 2.75) is 50.2 Å². The molecule has 0 radical (unpaired) electrons. The van der Waals surface area contributed by atoms with E-state index in [9.17, 15) is 9.90 Å². The summed E-state index contributed by atoms with van der Waals surface area (Å²) in [5.41, 5.74) is -0.793. The van der Waals surface area contributed by atoms with Crippen molar-refractivity contribution in [1.29, 1.82) is 0 Å². The molecule has 0 amide bonds. The zero-order chi connectivity index (χ0) is 13.7. The van der Waals surface area contributed by atoms with E-state index in [1.54, 1.807) is 7.05 Å². The average molecular weight is 271 g/mol. The van der Waals surface area contributed by atoms with E-state index in [4.69, 9.17) is 9.47 Å². The first-order chi connectivity index (χ1) is 9.16. The van der Waals surface area contributed by atoms with Crippen LogP contribution in [0.15, 0.2) is 0 Å². The molecular weight excluding hydrogens is 246 g/mol. The molecule has 5 heteroatoms. The van der Waals surface area contributed by atoms with Crippen LogP contribution in [0, 0.1) is 5.92 Å². The van der Waals surface area contributed by atoms with Gasteiger partial charge in [0.2, 0.25) is 0 Å². The van der Waals surface area contributed by atoms with Gasteiger partial charge < -0.3 is 19.9 Å². The molecule has 2 atom stereocenters. The summed E-state index contributed by atoms with van der Waals surface area (Å²) in [5, 5.41) is 12.4. The summed E-state index contributed by atoms with van der Waals surface area (Å²) in [7, 11) is 1.73. The Morgan fingerprint density at radius 1 is 1.42 bits per heavy atom. The van der Waals surface area contributed by atoms with Crippen LogP contribution < -0.4 is 5.32 Å². The molecule has 1 saturated heterocycles. The fourth-order valence-electron chi connectivity index (χ4n) is 3.08. The summed E-state index contributed by atoms with van der Waals surface area (Å²) in [6.07, 6.45) is 5.33. The van der Waals surface area contributed by atoms with Crippen LogP contribution in [0.5, 0.6) is 0 Å². The Morgan fingerprint density at radius 2 is 2.16 bits per heavy atom. The van der Waals surface area contributed by atoms with Gasteiger partial charge in [0.15, 0.2) is 0 Å². The zero-order valence-corrected chi connectivity index (χ0v) is 11.7. The van der Waals surface area contributed by atoms with Crippen LogP contribution in [0.1, 0.15) is 38.5 Å². The maximum Gasteiger partial charge on any atom is 0.323 e. The quantitative estimate of drug-likeness (QED) is 0.791. The highest BCUT2D eigenvalue weighted by Crippen LogP contribution is 2.31. The Morgan fingerprint density at radius 3 is 2.79 bits per heavy atom. The molecule has 1 aliphatic heterocycles. The van der Waals surface area contributed by atoms with Gasteiger partial charge in [-0.05, 0) is 45.1 Å². The molecule has 1 heterocycles. The maximum absolute atomic E-state index is 11.4. The van der Waals surface area contributed by atoms with Crippen molar-refractivity contribution in [3.8, 4) is 0 Å². The monoisotopic (exact) mass is 271 g/mol. The van der Waals surface area contributed by atoms with Crippen molar-refractivity contribution >= 4 is 5.97 Å². The molecule has 2 fully saturated rings. The van der Waals surface area contributed by atoms with Crippen molar-refractivity contribution < 1.29 is 19.4 Å². The number of aliphatic carboxylic acids is 1. The lowest BCUT2D eigenvalue weighted by atomic mass is 9.80. The molecule has 1 aliphatic carbocycles. The Kier molecular flexibility index (Phi) is 5.19. The first kappa shape index (κ1) is 14.8. The van der Waals surface area contributed by atoms with Crippen LogP contribution in [0.25, 0.3) is 0 Å². The van der Waals surface area contributed by atoms with E-state index < -0.39 is 11.5 Å². The fraction of sp³-hybridized carbons (Fsp3) is 0.929. The first-order valence-corrected chi connectivity index (χ1v) is 7.28. The van der Waals surface area contributed by atoms with Gasteiger partial charge >= 0.3 is 5.97 Å². The van der Waals surface area contributed by atoms with E-state index in [0.717, 1.165) is 45.5 Å². The average Bonchev–Trinajstić information content (AvgIpc) is 2.46. The summed E-state index contributed by atoms with van der Waals surface area (Å²) in [5.74, 6) is -0.182. The molecule has 5 nitrogen and oxygen atoms in total. The van der Waals surface area contributed by atoms with E-state index in [2.05, 4.69) is 5.32 Å². The van der Waals surface area contributed by atoms with Crippen LogP contribution in [-0.4, -0.2) is 49.6 Å². The molecule has 2 aliphatic rings. The minimum atomic E-state index is -0.793. The molecule has 2 unspecified atom stereocenters. The molecule has 110 valence electrons. The van der Waals surface area contributed by atoms with Gasteiger partial charge in [0.1, 0.15) is 5.54 Å². The van der Waals surface area contributed by atoms with Gasteiger partial charge in [-0.1, -0.05) is 0 Å². The number of ether oxygens (including phenoxy) is 2. The van der Waals surface area contributed by atoms with E-state index in [1.807, 2.05) is 0 Å². The van der Waals surface area contributed by atoms with Crippen molar-refractivity contribution in [3.63, 3.8) is 0 Å². The highest BCUT2D eigenvalue weighted by atomic mass is 16.5. The van der Waals surface area contributed by atoms with E-state index >= 15 is 0 Å². The highest BCUT2D eigenvalue weighted by Gasteiger charge is 2.42. The van der Waals surface area contributed by atoms with Gasteiger partial charge in [-0.2, -0.15) is 0 Å². The lowest BCUT2D eigenvalue weighted by Gasteiger charge is -2.37. The van der Waals surface area contributed by atoms with Gasteiger partial charge in [-0.15, -0.1) is 0 Å². The van der Waals surface area contributed by atoms with Crippen molar-refractivity contribution in [2.75, 3.05) is 26.9 Å². The second-order valence-electron chi connectivity index (χ2n) is 5.74. The molecule has 1 saturated carbocycles. The SMILES string of the molecule is CNC1(C(=O)O)CCCC(OCC2CCOCC2)C1. The second-order valence-corrected chi connectivity index (χ2v) is 5.74. The Balaban J connectivity index is 1.81. The zero-order valence-electron chi connectivity index (χ0n) is 11.7. The second kappa shape index (κ2) is 6.68. The van der Waals surface area contributed by atoms with E-state index in [-0.39, 0.29) is 6.10 Å². The smallest absolute Gasteiger partial charge is 0.323 e. The minimum absolute atomic E-state index is 0.0696. The molecule has 0 aromatic rings. The highest BCUT2D eigenvalue weighted by molar-refractivity contribution is 5.79. The Labute approximate surface area is 114 Å². The third kappa shape index (κ3) is 3.68. The van der Waals surface area contributed by atoms with Crippen LogP contribution >= 0.6 is 0 Å². The predicted octanol–water partition coefficient (Wildman–Crippen LogP) is 1.41. The standard InChI is InChI=1S/C14H25NO4/c1-15-14(13(16)17)6-2-3-12(9-14)19-10-11-4-7-18-8-5-11/h11-12,15H,2-10H2,1H3,(H,16,17). The molecule has 0 aromatic heterocycles. The largest absolute Gasteiger partial charge is 0.480 e. The lowest BCUT2D eigenvalue weighted by Crippen LogP contribution is -2.54. The van der Waals surface area contributed by atoms with Crippen LogP contribution in [0.2, 0.25) is 0 Å². The summed E-state index contributed by atoms with van der Waals surface area (Å²) < 4.78 is 11.3. The topological polar surface area (TPSA) is 67.8 Å². The van der Waals surface area contributed by atoms with Crippen molar-refractivity contribution in [2.24, 2.45) is 5.92 Å². The normalized spacial score (nSPS) is 33.2. The van der Waals surface area contributed by atoms with Gasteiger partial charge in [0, 0.05) is 26.2 Å². The summed E-state index contributed by atoms with van der Waals surface area (Å²) in [6.45, 7) is 2.40. The molecule has 19 heavy (non-hydrogen) atoms. The number of nitrogens with one attached hydrogen (secondary N) is 1. The van der Waals surface area contributed by atoms with Gasteiger partial charge in [0.05, 0.1) is 6.10 Å². The van der Waals surface area contributed by atoms with Crippen LogP contribution in [-0.2, 0) is 14.3 Å². The molecular formula is C14H25NO4. The molecule has 2 rings (SSSR count). The number of carboxylic acid groups (broad SMARTS) is 1. The lowest BCUT2D eigenvalue weighted by molar-refractivity contribution is -0.149. The van der Waals surface area contributed by atoms with Crippen LogP contribution in [0.3, 0.4) is 0 Å². The van der Waals surface area contributed by atoms with Crippen molar-refractivity contribution in [1.82, 2.24) is 5.32 Å². The predicted molar refractivity (Wildman–Crippen MR) is 71.2 cm³/mol. The third-order valence-electron chi connectivity index (χ3n) is 4.50. The molecule has 0 bridgehead atoms. The number of likely N-dealkylation sites (N-methyl/N-ethyl adjacent to an activating group) is 1. The molecule has 0 spiro atoms. The number of rotatable bonds is 5. The summed E-state index contributed by atoms with van der Waals surface area (Å²) >= 11 is 0. The van der Waals surface area contributed by atoms with Gasteiger partial charge in [-0.25, -0.2) is 0 Å². The number of carbonyl (C=O) groups is 1. The Bertz CT molecular complexity index is 304. The number of hydrogen-bond acceptors (Lipinski definition) is 4. The maximum atomic E-state index is 11.4. The third-order valence-corrected chi connectivity index (χ3v) is 4.50. The van der Waals surface area contributed by atoms with Gasteiger partial charge in [-0.3, -0.25) is 4.79 Å². The fourth-order valence-corrected chi connectivity index (χ4v) is 3.08. The summed E-state index contributed by atoms with van der Waals surface area (Å²) in [4.78, 5) is 11.4. The first-order valence-electron chi connectivity index (χ1n) is 7.28. The van der Waals surface area contributed by atoms with Crippen molar-refractivity contribution in [3.05, 3.63) is 0 Å². The minimum Gasteiger partial charge on any atom is -0.480 e.